The molecule has 0 amide bonds. The molecule has 0 spiro atoms. The Labute approximate surface area is 382 Å². The number of carbonyl (C=O) groups excluding carboxylic acids is 2. The van der Waals surface area contributed by atoms with Crippen LogP contribution in [0.2, 0.25) is 0 Å². The minimum absolute atomic E-state index is 0.00302. The van der Waals surface area contributed by atoms with Crippen LogP contribution < -0.4 is 0 Å². The summed E-state index contributed by atoms with van der Waals surface area (Å²) in [7, 11) is -5.16. The van der Waals surface area contributed by atoms with Crippen molar-refractivity contribution in [2.24, 2.45) is 0 Å². The van der Waals surface area contributed by atoms with E-state index in [1.54, 1.807) is 6.92 Å². The van der Waals surface area contributed by atoms with Gasteiger partial charge in [0.05, 0.1) is 12.7 Å². The molecule has 1 fully saturated rings. The molecule has 1 aliphatic carbocycles. The van der Waals surface area contributed by atoms with Crippen LogP contribution in [0.1, 0.15) is 136 Å². The summed E-state index contributed by atoms with van der Waals surface area (Å²) in [6, 6.07) is 0. The maximum Gasteiger partial charge on any atom is 0.472 e. The first kappa shape index (κ1) is 58.7. The molecule has 15 heteroatoms. The van der Waals surface area contributed by atoms with Crippen molar-refractivity contribution in [3.63, 3.8) is 0 Å². The summed E-state index contributed by atoms with van der Waals surface area (Å²) in [4.78, 5) is 35.7. The van der Waals surface area contributed by atoms with Crippen LogP contribution >= 0.6 is 7.82 Å². The molecule has 0 aromatic rings. The van der Waals surface area contributed by atoms with Crippen molar-refractivity contribution in [3.05, 3.63) is 97.2 Å². The van der Waals surface area contributed by atoms with Gasteiger partial charge in [0.1, 0.15) is 43.2 Å². The lowest BCUT2D eigenvalue weighted by Crippen LogP contribution is -2.64. The summed E-state index contributed by atoms with van der Waals surface area (Å²) in [6.07, 6.45) is 34.6. The minimum atomic E-state index is -5.16. The summed E-state index contributed by atoms with van der Waals surface area (Å²) in [5.74, 6) is -1.26. The van der Waals surface area contributed by atoms with Gasteiger partial charge >= 0.3 is 19.8 Å². The number of phosphoric ester groups is 1. The van der Waals surface area contributed by atoms with E-state index in [1.807, 2.05) is 24.3 Å². The fourth-order valence-corrected chi connectivity index (χ4v) is 7.14. The van der Waals surface area contributed by atoms with Gasteiger partial charge in [0, 0.05) is 12.8 Å². The predicted octanol–water partition coefficient (Wildman–Crippen LogP) is 8.02. The normalized spacial score (nSPS) is 23.0. The van der Waals surface area contributed by atoms with Gasteiger partial charge in [0.25, 0.3) is 0 Å². The zero-order chi connectivity index (χ0) is 47.3. The second-order valence-electron chi connectivity index (χ2n) is 15.8. The zero-order valence-corrected chi connectivity index (χ0v) is 39.0. The molecule has 364 valence electrons. The third kappa shape index (κ3) is 30.8. The number of unbranched alkanes of at least 4 members (excludes halogenated alkanes) is 6. The number of hydrogen-bond acceptors (Lipinski definition) is 13. The van der Waals surface area contributed by atoms with E-state index in [9.17, 15) is 49.7 Å². The maximum atomic E-state index is 12.8. The number of hydrogen-bond donors (Lipinski definition) is 7. The lowest BCUT2D eigenvalue weighted by Gasteiger charge is -2.41. The van der Waals surface area contributed by atoms with E-state index in [-0.39, 0.29) is 18.9 Å². The van der Waals surface area contributed by atoms with Crippen molar-refractivity contribution in [1.82, 2.24) is 0 Å². The van der Waals surface area contributed by atoms with Crippen molar-refractivity contribution in [3.8, 4) is 0 Å². The molecule has 3 unspecified atom stereocenters. The topological polar surface area (TPSA) is 230 Å². The van der Waals surface area contributed by atoms with Crippen molar-refractivity contribution >= 4 is 19.8 Å². The van der Waals surface area contributed by atoms with Crippen LogP contribution in [0.15, 0.2) is 97.2 Å². The molecule has 64 heavy (non-hydrogen) atoms. The van der Waals surface area contributed by atoms with Gasteiger partial charge in [-0.3, -0.25) is 18.6 Å². The molecule has 14 nitrogen and oxygen atoms in total. The number of ether oxygens (including phenoxy) is 2. The van der Waals surface area contributed by atoms with Crippen molar-refractivity contribution in [2.45, 2.75) is 185 Å². The Morgan fingerprint density at radius 2 is 0.938 bits per heavy atom. The van der Waals surface area contributed by atoms with Crippen molar-refractivity contribution in [2.75, 3.05) is 13.2 Å². The van der Waals surface area contributed by atoms with Gasteiger partial charge in [-0.05, 0) is 103 Å². The van der Waals surface area contributed by atoms with Gasteiger partial charge < -0.3 is 45.0 Å². The predicted molar refractivity (Wildman–Crippen MR) is 250 cm³/mol. The van der Waals surface area contributed by atoms with E-state index in [1.165, 1.54) is 19.3 Å². The lowest BCUT2D eigenvalue weighted by molar-refractivity contribution is -0.220. The first-order valence-electron chi connectivity index (χ1n) is 23.1. The van der Waals surface area contributed by atoms with Crippen molar-refractivity contribution in [1.29, 1.82) is 0 Å². The first-order chi connectivity index (χ1) is 30.8. The highest BCUT2D eigenvalue weighted by atomic mass is 31.2. The van der Waals surface area contributed by atoms with E-state index >= 15 is 0 Å². The SMILES string of the molecule is CCCCC/C=C\C/C=C\C/C=C\C/C=C\CCCC(=O)O[C@H](COC(=O)CCC/C=C\C/C=C\C/C=C\C/C=C\CCC[C@@H](C)O)COP(=O)(O)OC1[C@H](O)[C@H](O)C(O)[C@H](O)[C@H]1O. The Balaban J connectivity index is 2.55. The largest absolute Gasteiger partial charge is 0.472 e. The van der Waals surface area contributed by atoms with E-state index in [2.05, 4.69) is 79.8 Å². The van der Waals surface area contributed by atoms with Crippen LogP contribution in [0.4, 0.5) is 0 Å². The minimum Gasteiger partial charge on any atom is -0.462 e. The van der Waals surface area contributed by atoms with Crippen LogP contribution in [0.5, 0.6) is 0 Å². The second-order valence-corrected chi connectivity index (χ2v) is 17.2. The monoisotopic (exact) mass is 923 g/mol. The van der Waals surface area contributed by atoms with Gasteiger partial charge in [-0.15, -0.1) is 0 Å². The molecule has 1 saturated carbocycles. The number of aliphatic hydroxyl groups is 6. The number of allylic oxidation sites excluding steroid dienone is 16. The fourth-order valence-electron chi connectivity index (χ4n) is 6.17. The highest BCUT2D eigenvalue weighted by Crippen LogP contribution is 2.47. The van der Waals surface area contributed by atoms with Gasteiger partial charge in [0.2, 0.25) is 0 Å². The third-order valence-electron chi connectivity index (χ3n) is 9.92. The Kier molecular flexibility index (Phi) is 34.8. The van der Waals surface area contributed by atoms with E-state index in [0.29, 0.717) is 25.7 Å². The summed E-state index contributed by atoms with van der Waals surface area (Å²) in [5, 5.41) is 59.4. The smallest absolute Gasteiger partial charge is 0.462 e. The maximum absolute atomic E-state index is 12.8. The second kappa shape index (κ2) is 37.9. The highest BCUT2D eigenvalue weighted by Gasteiger charge is 2.51. The van der Waals surface area contributed by atoms with E-state index in [4.69, 9.17) is 18.5 Å². The molecule has 7 N–H and O–H groups in total. The summed E-state index contributed by atoms with van der Waals surface area (Å²) >= 11 is 0. The van der Waals surface area contributed by atoms with Crippen LogP contribution in [0.3, 0.4) is 0 Å². The lowest BCUT2D eigenvalue weighted by atomic mass is 9.85. The molecule has 0 bridgehead atoms. The summed E-state index contributed by atoms with van der Waals surface area (Å²) < 4.78 is 33.4. The average Bonchev–Trinajstić information content (AvgIpc) is 3.26. The quantitative estimate of drug-likeness (QED) is 0.0137. The number of phosphoric acid groups is 1. The van der Waals surface area contributed by atoms with Gasteiger partial charge in [-0.1, -0.05) is 117 Å². The third-order valence-corrected chi connectivity index (χ3v) is 10.9. The van der Waals surface area contributed by atoms with Crippen LogP contribution in [0, 0.1) is 0 Å². The molecule has 0 aromatic carbocycles. The van der Waals surface area contributed by atoms with Gasteiger partial charge in [0.15, 0.2) is 6.10 Å². The highest BCUT2D eigenvalue weighted by molar-refractivity contribution is 7.47. The van der Waals surface area contributed by atoms with Crippen LogP contribution in [-0.2, 0) is 32.7 Å². The van der Waals surface area contributed by atoms with Crippen molar-refractivity contribution < 1.29 is 68.2 Å². The summed E-state index contributed by atoms with van der Waals surface area (Å²) in [6.45, 7) is 2.71. The molecule has 0 aromatic heterocycles. The number of aliphatic hydroxyl groups excluding tert-OH is 6. The molecule has 0 saturated heterocycles. The number of carbonyl (C=O) groups is 2. The molecule has 1 rings (SSSR count). The van der Waals surface area contributed by atoms with E-state index < -0.39 is 75.7 Å². The Morgan fingerprint density at radius 3 is 1.38 bits per heavy atom. The molecular weight excluding hydrogens is 843 g/mol. The summed E-state index contributed by atoms with van der Waals surface area (Å²) in [5.41, 5.74) is 0. The average molecular weight is 923 g/mol. The molecule has 0 radical (unpaired) electrons. The van der Waals surface area contributed by atoms with E-state index in [0.717, 1.165) is 64.2 Å². The number of rotatable bonds is 36. The standard InChI is InChI=1S/C49H79O14P/c1-3-4-5-6-7-8-9-10-11-12-15-19-22-25-28-31-34-37-43(52)62-41(39-61-64(58,59)63-49-47(56)45(54)44(53)46(55)48(49)57)38-60-42(51)36-33-30-27-24-21-18-16-13-14-17-20-23-26-29-32-35-40(2)50/h7-8,10-11,14-19,23-28,40-41,44-50,53-57H,3-6,9,12-13,20-22,29-39H2,1-2H3,(H,58,59)/b8-7-,11-10-,17-14-,18-16-,19-15-,26-23-,27-24-,28-25-/t40-,41-,44?,45-,46+,47-,48-,49?/m1/s1. The van der Waals surface area contributed by atoms with Crippen LogP contribution in [0.25, 0.3) is 0 Å². The fraction of sp³-hybridized carbons (Fsp3) is 0.633. The Morgan fingerprint density at radius 1 is 0.547 bits per heavy atom. The number of esters is 2. The molecule has 0 heterocycles. The zero-order valence-electron chi connectivity index (χ0n) is 38.1. The molecule has 9 atom stereocenters. The molecular formula is C49H79O14P. The Hall–Kier alpha value is -3.27. The molecule has 1 aliphatic rings. The molecule has 0 aliphatic heterocycles. The first-order valence-corrected chi connectivity index (χ1v) is 24.6. The van der Waals surface area contributed by atoms with Gasteiger partial charge in [-0.25, -0.2) is 4.57 Å². The van der Waals surface area contributed by atoms with Gasteiger partial charge in [-0.2, -0.15) is 0 Å². The Bertz CT molecular complexity index is 1500. The van der Waals surface area contributed by atoms with Crippen LogP contribution in [-0.4, -0.2) is 110 Å².